The molecule has 9 nitrogen and oxygen atoms in total. The molecule has 5 rings (SSSR count). The van der Waals surface area contributed by atoms with Crippen molar-refractivity contribution >= 4 is 17.5 Å². The molecule has 0 radical (unpaired) electrons. The highest BCUT2D eigenvalue weighted by Crippen LogP contribution is 2.33. The molecule has 2 aromatic rings. The van der Waals surface area contributed by atoms with E-state index in [1.54, 1.807) is 6.07 Å². The van der Waals surface area contributed by atoms with Crippen molar-refractivity contribution in [1.82, 2.24) is 20.4 Å². The Labute approximate surface area is 206 Å². The second-order valence-corrected chi connectivity index (χ2v) is 9.50. The first-order chi connectivity index (χ1) is 17.0. The van der Waals surface area contributed by atoms with E-state index in [9.17, 15) is 9.59 Å². The molecule has 1 fully saturated rings. The van der Waals surface area contributed by atoms with Crippen molar-refractivity contribution in [3.05, 3.63) is 53.1 Å². The Morgan fingerprint density at radius 2 is 1.69 bits per heavy atom. The fourth-order valence-electron chi connectivity index (χ4n) is 4.97. The first-order valence-corrected chi connectivity index (χ1v) is 12.2. The van der Waals surface area contributed by atoms with Gasteiger partial charge in [-0.1, -0.05) is 18.2 Å². The monoisotopic (exact) mass is 479 g/mol. The minimum absolute atomic E-state index is 0.0190. The summed E-state index contributed by atoms with van der Waals surface area (Å²) in [6.45, 7) is 5.65. The predicted molar refractivity (Wildman–Crippen MR) is 133 cm³/mol. The topological polar surface area (TPSA) is 86.4 Å². The quantitative estimate of drug-likeness (QED) is 0.601. The number of fused-ring (bicyclic) bond motifs is 2. The van der Waals surface area contributed by atoms with Crippen molar-refractivity contribution in [2.75, 3.05) is 65.1 Å². The van der Waals surface area contributed by atoms with Gasteiger partial charge in [0.2, 0.25) is 6.79 Å². The second-order valence-electron chi connectivity index (χ2n) is 9.50. The van der Waals surface area contributed by atoms with Crippen molar-refractivity contribution in [2.45, 2.75) is 19.0 Å². The first-order valence-electron chi connectivity index (χ1n) is 12.2. The number of hydrogen-bond donors (Lipinski definition) is 2. The molecule has 186 valence electrons. The fourth-order valence-corrected chi connectivity index (χ4v) is 4.97. The van der Waals surface area contributed by atoms with Gasteiger partial charge in [0.1, 0.15) is 0 Å². The van der Waals surface area contributed by atoms with Crippen molar-refractivity contribution < 1.29 is 19.1 Å². The molecule has 0 saturated carbocycles. The molecule has 1 saturated heterocycles. The molecule has 9 heteroatoms. The highest BCUT2D eigenvalue weighted by molar-refractivity contribution is 6.35. The van der Waals surface area contributed by atoms with Gasteiger partial charge in [-0.05, 0) is 48.4 Å². The van der Waals surface area contributed by atoms with Gasteiger partial charge in [-0.25, -0.2) is 0 Å². The molecule has 2 N–H and O–H groups in total. The van der Waals surface area contributed by atoms with Crippen LogP contribution in [-0.2, 0) is 22.6 Å². The molecule has 2 amide bonds. The van der Waals surface area contributed by atoms with Crippen molar-refractivity contribution in [3.8, 4) is 11.5 Å². The number of carbonyl (C=O) groups is 2. The third kappa shape index (κ3) is 5.21. The molecular formula is C26H33N5O4. The predicted octanol–water partition coefficient (Wildman–Crippen LogP) is 1.13. The maximum absolute atomic E-state index is 12.7. The molecule has 1 atom stereocenters. The summed E-state index contributed by atoms with van der Waals surface area (Å²) in [5, 5.41) is 5.59. The van der Waals surface area contributed by atoms with E-state index in [0.717, 1.165) is 44.7 Å². The zero-order valence-corrected chi connectivity index (χ0v) is 20.4. The Kier molecular flexibility index (Phi) is 6.79. The maximum atomic E-state index is 12.7. The van der Waals surface area contributed by atoms with Crippen molar-refractivity contribution in [2.24, 2.45) is 0 Å². The fraction of sp³-hybridized carbons (Fsp3) is 0.462. The number of anilines is 1. The summed E-state index contributed by atoms with van der Waals surface area (Å²) in [6, 6.07) is 12.1. The number of likely N-dealkylation sites (N-methyl/N-ethyl adjacent to an activating group) is 2. The average molecular weight is 480 g/mol. The Morgan fingerprint density at radius 1 is 0.914 bits per heavy atom. The summed E-state index contributed by atoms with van der Waals surface area (Å²) in [4.78, 5) is 32.1. The van der Waals surface area contributed by atoms with Gasteiger partial charge in [-0.2, -0.15) is 0 Å². The van der Waals surface area contributed by atoms with Gasteiger partial charge >= 0.3 is 11.8 Å². The summed E-state index contributed by atoms with van der Waals surface area (Å²) in [5.74, 6) is 0.0730. The number of amides is 2. The van der Waals surface area contributed by atoms with E-state index in [1.165, 1.54) is 16.8 Å². The van der Waals surface area contributed by atoms with Crippen LogP contribution < -0.4 is 25.0 Å². The molecule has 3 aliphatic heterocycles. The minimum Gasteiger partial charge on any atom is -0.454 e. The molecule has 3 aliphatic rings. The van der Waals surface area contributed by atoms with Crippen LogP contribution in [0.5, 0.6) is 11.5 Å². The van der Waals surface area contributed by atoms with Gasteiger partial charge in [0.05, 0.1) is 6.04 Å². The van der Waals surface area contributed by atoms with Gasteiger partial charge in [-0.3, -0.25) is 14.5 Å². The van der Waals surface area contributed by atoms with Crippen LogP contribution in [-0.4, -0.2) is 81.8 Å². The highest BCUT2D eigenvalue weighted by atomic mass is 16.7. The summed E-state index contributed by atoms with van der Waals surface area (Å²) >= 11 is 0. The van der Waals surface area contributed by atoms with Crippen LogP contribution in [0.3, 0.4) is 0 Å². The Bertz CT molecular complexity index is 1100. The normalized spacial score (nSPS) is 18.3. The number of hydrogen-bond acceptors (Lipinski definition) is 7. The maximum Gasteiger partial charge on any atom is 0.309 e. The highest BCUT2D eigenvalue weighted by Gasteiger charge is 2.27. The summed E-state index contributed by atoms with van der Waals surface area (Å²) < 4.78 is 10.7. The Hall–Kier alpha value is -3.30. The molecule has 0 bridgehead atoms. The van der Waals surface area contributed by atoms with E-state index in [-0.39, 0.29) is 19.4 Å². The van der Waals surface area contributed by atoms with Crippen LogP contribution >= 0.6 is 0 Å². The standard InChI is InChI=1S/C26H33N5O4/c1-29-9-11-31(12-10-29)22(19-4-5-21-20(14-19)7-8-30(21)2)16-28-26(33)25(32)27-15-18-3-6-23-24(13-18)35-17-34-23/h3-6,13-14,22H,7-12,15-17H2,1-2H3,(H,27,32)(H,28,33)/t22-/m1/s1. The van der Waals surface area contributed by atoms with Gasteiger partial charge in [0.25, 0.3) is 0 Å². The number of nitrogens with zero attached hydrogens (tertiary/aromatic N) is 3. The number of benzene rings is 2. The smallest absolute Gasteiger partial charge is 0.309 e. The molecule has 35 heavy (non-hydrogen) atoms. The summed E-state index contributed by atoms with van der Waals surface area (Å²) in [6.07, 6.45) is 1.03. The minimum atomic E-state index is -0.643. The number of carbonyl (C=O) groups excluding carboxylic acids is 2. The number of ether oxygens (including phenoxy) is 2. The van der Waals surface area contributed by atoms with E-state index in [1.807, 2.05) is 12.1 Å². The lowest BCUT2D eigenvalue weighted by molar-refractivity contribution is -0.139. The van der Waals surface area contributed by atoms with E-state index in [2.05, 4.69) is 57.6 Å². The van der Waals surface area contributed by atoms with Crippen LogP contribution in [0.15, 0.2) is 36.4 Å². The lowest BCUT2D eigenvalue weighted by Crippen LogP contribution is -2.49. The lowest BCUT2D eigenvalue weighted by Gasteiger charge is -2.38. The van der Waals surface area contributed by atoms with E-state index in [4.69, 9.17) is 9.47 Å². The molecular weight excluding hydrogens is 446 g/mol. The largest absolute Gasteiger partial charge is 0.454 e. The molecule has 0 spiro atoms. The van der Waals surface area contributed by atoms with E-state index >= 15 is 0 Å². The second kappa shape index (κ2) is 10.1. The van der Waals surface area contributed by atoms with E-state index in [0.29, 0.717) is 18.0 Å². The zero-order chi connectivity index (χ0) is 24.4. The van der Waals surface area contributed by atoms with Crippen molar-refractivity contribution in [1.29, 1.82) is 0 Å². The van der Waals surface area contributed by atoms with Crippen molar-refractivity contribution in [3.63, 3.8) is 0 Å². The summed E-state index contributed by atoms with van der Waals surface area (Å²) in [5.41, 5.74) is 4.65. The van der Waals surface area contributed by atoms with Crippen LogP contribution in [0.4, 0.5) is 5.69 Å². The number of nitrogens with one attached hydrogen (secondary N) is 2. The zero-order valence-electron chi connectivity index (χ0n) is 20.4. The molecule has 0 aromatic heterocycles. The average Bonchev–Trinajstić information content (AvgIpc) is 3.49. The Morgan fingerprint density at radius 3 is 2.51 bits per heavy atom. The summed E-state index contributed by atoms with van der Waals surface area (Å²) in [7, 11) is 4.25. The number of rotatable bonds is 6. The third-order valence-electron chi connectivity index (χ3n) is 7.15. The number of piperazine rings is 1. The first kappa shape index (κ1) is 23.4. The van der Waals surface area contributed by atoms with Gasteiger partial charge in [-0.15, -0.1) is 0 Å². The van der Waals surface area contributed by atoms with Gasteiger partial charge in [0, 0.05) is 58.5 Å². The molecule has 2 aromatic carbocycles. The van der Waals surface area contributed by atoms with Crippen LogP contribution in [0, 0.1) is 0 Å². The van der Waals surface area contributed by atoms with Crippen LogP contribution in [0.1, 0.15) is 22.7 Å². The molecule has 3 heterocycles. The Balaban J connectivity index is 1.21. The van der Waals surface area contributed by atoms with E-state index < -0.39 is 11.8 Å². The van der Waals surface area contributed by atoms with Crippen LogP contribution in [0.25, 0.3) is 0 Å². The van der Waals surface area contributed by atoms with Gasteiger partial charge in [0.15, 0.2) is 11.5 Å². The lowest BCUT2D eigenvalue weighted by atomic mass is 10.00. The van der Waals surface area contributed by atoms with Gasteiger partial charge < -0.3 is 29.9 Å². The van der Waals surface area contributed by atoms with Crippen LogP contribution in [0.2, 0.25) is 0 Å². The molecule has 0 unspecified atom stereocenters. The third-order valence-corrected chi connectivity index (χ3v) is 7.15. The molecule has 0 aliphatic carbocycles. The SMILES string of the molecule is CN1CCN([C@H](CNC(=O)C(=O)NCc2ccc3c(c2)OCO3)c2ccc3c(c2)CCN3C)CC1.